The molecule has 3 rings (SSSR count). The quantitative estimate of drug-likeness (QED) is 0.322. The molecule has 1 aromatic heterocycles. The molecule has 0 saturated carbocycles. The van der Waals surface area contributed by atoms with E-state index in [1.807, 2.05) is 62.4 Å². The summed E-state index contributed by atoms with van der Waals surface area (Å²) in [4.78, 5) is 16.4. The fourth-order valence-electron chi connectivity index (χ4n) is 3.34. The minimum atomic E-state index is -0.476. The van der Waals surface area contributed by atoms with Gasteiger partial charge in [0.2, 0.25) is 5.88 Å². The van der Waals surface area contributed by atoms with Crippen LogP contribution in [0.3, 0.4) is 0 Å². The van der Waals surface area contributed by atoms with Gasteiger partial charge < -0.3 is 9.47 Å². The second-order valence-corrected chi connectivity index (χ2v) is 8.15. The van der Waals surface area contributed by atoms with Crippen molar-refractivity contribution in [1.29, 1.82) is 0 Å². The van der Waals surface area contributed by atoms with Crippen molar-refractivity contribution < 1.29 is 14.3 Å². The van der Waals surface area contributed by atoms with Crippen LogP contribution in [0, 0.1) is 5.41 Å². The number of unbranched alkanes of at least 4 members (excludes halogenated alkanes) is 1. The number of carbonyl (C=O) groups is 1. The first-order chi connectivity index (χ1) is 13.9. The summed E-state index contributed by atoms with van der Waals surface area (Å²) >= 11 is 6.19. The first kappa shape index (κ1) is 21.1. The highest BCUT2D eigenvalue weighted by Gasteiger charge is 2.27. The highest BCUT2D eigenvalue weighted by Crippen LogP contribution is 2.32. The molecule has 0 bridgehead atoms. The van der Waals surface area contributed by atoms with E-state index in [1.54, 1.807) is 0 Å². The number of methoxy groups -OCH3 is 1. The molecule has 0 amide bonds. The van der Waals surface area contributed by atoms with Crippen molar-refractivity contribution in [3.63, 3.8) is 0 Å². The predicted octanol–water partition coefficient (Wildman–Crippen LogP) is 6.30. The van der Waals surface area contributed by atoms with Crippen molar-refractivity contribution in [3.05, 3.63) is 59.6 Å². The largest absolute Gasteiger partial charge is 0.478 e. The third kappa shape index (κ3) is 5.27. The predicted molar refractivity (Wildman–Crippen MR) is 117 cm³/mol. The normalized spacial score (nSPS) is 11.4. The SMILES string of the molecule is COC(=O)C(C)(C)CCCCOc1cc(-c2cccc(Cl)c2)c2ccccc2n1. The Morgan fingerprint density at radius 1 is 1.07 bits per heavy atom. The molecule has 0 atom stereocenters. The van der Waals surface area contributed by atoms with Crippen LogP contribution in [0.5, 0.6) is 5.88 Å². The van der Waals surface area contributed by atoms with Crippen molar-refractivity contribution in [2.45, 2.75) is 33.1 Å². The Morgan fingerprint density at radius 3 is 2.62 bits per heavy atom. The fourth-order valence-corrected chi connectivity index (χ4v) is 3.53. The maximum Gasteiger partial charge on any atom is 0.311 e. The Labute approximate surface area is 176 Å². The van der Waals surface area contributed by atoms with E-state index in [0.29, 0.717) is 17.5 Å². The number of nitrogens with zero attached hydrogens (tertiary/aromatic N) is 1. The number of aromatic nitrogens is 1. The maximum atomic E-state index is 11.8. The second-order valence-electron chi connectivity index (χ2n) is 7.72. The molecule has 0 unspecified atom stereocenters. The topological polar surface area (TPSA) is 48.4 Å². The maximum absolute atomic E-state index is 11.8. The van der Waals surface area contributed by atoms with E-state index in [0.717, 1.165) is 41.3 Å². The van der Waals surface area contributed by atoms with Crippen molar-refractivity contribution in [3.8, 4) is 17.0 Å². The third-order valence-corrected chi connectivity index (χ3v) is 5.25. The molecule has 152 valence electrons. The van der Waals surface area contributed by atoms with Crippen LogP contribution in [0.2, 0.25) is 5.02 Å². The number of hydrogen-bond acceptors (Lipinski definition) is 4. The zero-order valence-electron chi connectivity index (χ0n) is 17.1. The molecule has 0 fully saturated rings. The van der Waals surface area contributed by atoms with Gasteiger partial charge in [-0.3, -0.25) is 4.79 Å². The van der Waals surface area contributed by atoms with E-state index in [4.69, 9.17) is 21.1 Å². The number of benzene rings is 2. The lowest BCUT2D eigenvalue weighted by Gasteiger charge is -2.21. The summed E-state index contributed by atoms with van der Waals surface area (Å²) in [5, 5.41) is 1.75. The Kier molecular flexibility index (Phi) is 6.75. The van der Waals surface area contributed by atoms with Gasteiger partial charge >= 0.3 is 5.97 Å². The summed E-state index contributed by atoms with van der Waals surface area (Å²) in [7, 11) is 1.43. The van der Waals surface area contributed by atoms with Gasteiger partial charge in [-0.05, 0) is 62.4 Å². The Balaban J connectivity index is 1.71. The summed E-state index contributed by atoms with van der Waals surface area (Å²) in [6.45, 7) is 4.35. The van der Waals surface area contributed by atoms with Crippen LogP contribution in [0.4, 0.5) is 0 Å². The van der Waals surface area contributed by atoms with Crippen LogP contribution >= 0.6 is 11.6 Å². The molecule has 0 radical (unpaired) electrons. The van der Waals surface area contributed by atoms with Crippen molar-refractivity contribution in [1.82, 2.24) is 4.98 Å². The van der Waals surface area contributed by atoms with Gasteiger partial charge in [0.25, 0.3) is 0 Å². The Morgan fingerprint density at radius 2 is 1.86 bits per heavy atom. The lowest BCUT2D eigenvalue weighted by molar-refractivity contribution is -0.151. The van der Waals surface area contributed by atoms with Gasteiger partial charge in [-0.25, -0.2) is 4.98 Å². The summed E-state index contributed by atoms with van der Waals surface area (Å²) < 4.78 is 10.8. The van der Waals surface area contributed by atoms with Gasteiger partial charge in [-0.1, -0.05) is 41.9 Å². The second kappa shape index (κ2) is 9.27. The molecule has 1 heterocycles. The molecule has 5 heteroatoms. The lowest BCUT2D eigenvalue weighted by atomic mass is 9.87. The van der Waals surface area contributed by atoms with E-state index in [9.17, 15) is 4.79 Å². The minimum absolute atomic E-state index is 0.180. The molecule has 3 aromatic rings. The average Bonchev–Trinajstić information content (AvgIpc) is 2.72. The number of hydrogen-bond donors (Lipinski definition) is 0. The summed E-state index contributed by atoms with van der Waals surface area (Å²) in [5.41, 5.74) is 2.47. The van der Waals surface area contributed by atoms with Crippen LogP contribution in [-0.4, -0.2) is 24.7 Å². The number of halogens is 1. The molecule has 4 nitrogen and oxygen atoms in total. The van der Waals surface area contributed by atoms with Crippen LogP contribution < -0.4 is 4.74 Å². The Hall–Kier alpha value is -2.59. The van der Waals surface area contributed by atoms with Crippen molar-refractivity contribution in [2.75, 3.05) is 13.7 Å². The summed E-state index contributed by atoms with van der Waals surface area (Å²) in [6.07, 6.45) is 2.46. The van der Waals surface area contributed by atoms with Crippen LogP contribution in [-0.2, 0) is 9.53 Å². The molecule has 0 aliphatic heterocycles. The number of esters is 1. The zero-order chi connectivity index (χ0) is 20.9. The molecule has 29 heavy (non-hydrogen) atoms. The molecule has 0 N–H and O–H groups in total. The number of pyridine rings is 1. The van der Waals surface area contributed by atoms with E-state index >= 15 is 0 Å². The number of carbonyl (C=O) groups excluding carboxylic acids is 1. The smallest absolute Gasteiger partial charge is 0.311 e. The number of fused-ring (bicyclic) bond motifs is 1. The monoisotopic (exact) mass is 411 g/mol. The van der Waals surface area contributed by atoms with Crippen LogP contribution in [0.1, 0.15) is 33.1 Å². The van der Waals surface area contributed by atoms with E-state index in [-0.39, 0.29) is 5.97 Å². The molecule has 2 aromatic carbocycles. The fraction of sp³-hybridized carbons (Fsp3) is 0.333. The van der Waals surface area contributed by atoms with Gasteiger partial charge in [-0.2, -0.15) is 0 Å². The molecule has 0 spiro atoms. The van der Waals surface area contributed by atoms with E-state index < -0.39 is 5.41 Å². The molecule has 0 aliphatic carbocycles. The van der Waals surface area contributed by atoms with Gasteiger partial charge in [0.1, 0.15) is 0 Å². The Bertz CT molecular complexity index is 1000. The zero-order valence-corrected chi connectivity index (χ0v) is 17.8. The minimum Gasteiger partial charge on any atom is -0.478 e. The van der Waals surface area contributed by atoms with E-state index in [1.165, 1.54) is 7.11 Å². The number of para-hydroxylation sites is 1. The third-order valence-electron chi connectivity index (χ3n) is 5.01. The van der Waals surface area contributed by atoms with Crippen molar-refractivity contribution >= 4 is 28.5 Å². The first-order valence-corrected chi connectivity index (χ1v) is 10.2. The number of rotatable bonds is 8. The summed E-state index contributed by atoms with van der Waals surface area (Å²) in [6, 6.07) is 17.8. The first-order valence-electron chi connectivity index (χ1n) is 9.78. The number of ether oxygens (including phenoxy) is 2. The molecule has 0 saturated heterocycles. The molecule has 0 aliphatic rings. The highest BCUT2D eigenvalue weighted by molar-refractivity contribution is 6.30. The highest BCUT2D eigenvalue weighted by atomic mass is 35.5. The summed E-state index contributed by atoms with van der Waals surface area (Å²) in [5.74, 6) is 0.409. The van der Waals surface area contributed by atoms with Crippen LogP contribution in [0.25, 0.3) is 22.0 Å². The van der Waals surface area contributed by atoms with Crippen molar-refractivity contribution in [2.24, 2.45) is 5.41 Å². The van der Waals surface area contributed by atoms with Gasteiger partial charge in [0.15, 0.2) is 0 Å². The molecular formula is C24H26ClNO3. The van der Waals surface area contributed by atoms with Gasteiger partial charge in [-0.15, -0.1) is 0 Å². The van der Waals surface area contributed by atoms with Gasteiger partial charge in [0, 0.05) is 16.5 Å². The lowest BCUT2D eigenvalue weighted by Crippen LogP contribution is -2.25. The molecular weight excluding hydrogens is 386 g/mol. The van der Waals surface area contributed by atoms with Crippen LogP contribution in [0.15, 0.2) is 54.6 Å². The standard InChI is InChI=1S/C24H26ClNO3/c1-24(2,23(27)28-3)13-6-7-14-29-22-16-20(17-9-8-10-18(25)15-17)19-11-4-5-12-21(19)26-22/h4-5,8-12,15-16H,6-7,13-14H2,1-3H3. The average molecular weight is 412 g/mol. The van der Waals surface area contributed by atoms with E-state index in [2.05, 4.69) is 11.1 Å². The van der Waals surface area contributed by atoms with Gasteiger partial charge in [0.05, 0.1) is 24.6 Å².